The summed E-state index contributed by atoms with van der Waals surface area (Å²) in [4.78, 5) is 12.4. The normalized spacial score (nSPS) is 17.9. The minimum atomic E-state index is -2.28. The van der Waals surface area contributed by atoms with Gasteiger partial charge < -0.3 is 14.0 Å². The Balaban J connectivity index is 5.92. The van der Waals surface area contributed by atoms with E-state index in [-0.39, 0.29) is 10.8 Å². The van der Waals surface area contributed by atoms with Gasteiger partial charge in [0, 0.05) is 0 Å². The molecule has 0 heterocycles. The van der Waals surface area contributed by atoms with Crippen molar-refractivity contribution in [3.63, 3.8) is 0 Å². The first-order valence-electron chi connectivity index (χ1n) is 11.2. The van der Waals surface area contributed by atoms with E-state index in [2.05, 4.69) is 82.0 Å². The number of Topliss-reactive ketones (excluding diaryl/α,β-unsaturated/α-hetero) is 1. The lowest BCUT2D eigenvalue weighted by Gasteiger charge is -2.46. The van der Waals surface area contributed by atoms with Gasteiger partial charge >= 0.3 is 0 Å². The van der Waals surface area contributed by atoms with Crippen molar-refractivity contribution >= 4 is 34.0 Å². The van der Waals surface area contributed by atoms with Crippen molar-refractivity contribution in [2.45, 2.75) is 128 Å². The number of ketones is 1. The Hall–Kier alpha value is 0.0138. The van der Waals surface area contributed by atoms with E-state index in [0.717, 1.165) is 0 Å². The molecule has 0 radical (unpaired) electrons. The zero-order valence-electron chi connectivity index (χ0n) is 21.4. The molecule has 0 aliphatic heterocycles. The first kappa shape index (κ1) is 30.0. The fourth-order valence-electron chi connectivity index (χ4n) is 4.14. The SMILES string of the molecule is C=C[C@H](O[Si](C(C)C)(C(C)C)C(C)C)[C@@H](Cl)[C@H](O)[C@H](O[Si](C)(C)C(C)(C)C)C(C)=O. The van der Waals surface area contributed by atoms with Gasteiger partial charge in [-0.25, -0.2) is 0 Å². The average molecular weight is 479 g/mol. The van der Waals surface area contributed by atoms with Gasteiger partial charge in [0.1, 0.15) is 12.2 Å². The molecule has 0 aromatic heterocycles. The van der Waals surface area contributed by atoms with Crippen LogP contribution in [0.3, 0.4) is 0 Å². The summed E-state index contributed by atoms with van der Waals surface area (Å²) in [5, 5.41) is 10.2. The second-order valence-electron chi connectivity index (χ2n) is 11.0. The van der Waals surface area contributed by atoms with E-state index >= 15 is 0 Å². The fraction of sp³-hybridized carbons (Fsp3) is 0.870. The Morgan fingerprint density at radius 3 is 1.67 bits per heavy atom. The van der Waals surface area contributed by atoms with Crippen molar-refractivity contribution in [1.82, 2.24) is 0 Å². The maximum Gasteiger partial charge on any atom is 0.201 e. The summed E-state index contributed by atoms with van der Waals surface area (Å²) in [5.41, 5.74) is 1.11. The Morgan fingerprint density at radius 2 is 1.40 bits per heavy atom. The molecule has 0 unspecified atom stereocenters. The summed E-state index contributed by atoms with van der Waals surface area (Å²) in [5.74, 6) is -0.221. The number of carbonyl (C=O) groups excluding carboxylic acids is 1. The van der Waals surface area contributed by atoms with Crippen LogP contribution in [0, 0.1) is 0 Å². The number of aliphatic hydroxyl groups excluding tert-OH is 1. The Morgan fingerprint density at radius 1 is 1.00 bits per heavy atom. The summed E-state index contributed by atoms with van der Waals surface area (Å²) in [7, 11) is -4.53. The highest BCUT2D eigenvalue weighted by Gasteiger charge is 2.49. The van der Waals surface area contributed by atoms with Gasteiger partial charge in [-0.1, -0.05) is 68.4 Å². The van der Waals surface area contributed by atoms with Gasteiger partial charge in [0.15, 0.2) is 14.1 Å². The van der Waals surface area contributed by atoms with Crippen molar-refractivity contribution < 1.29 is 18.8 Å². The van der Waals surface area contributed by atoms with Crippen LogP contribution in [-0.4, -0.2) is 51.2 Å². The van der Waals surface area contributed by atoms with Crippen molar-refractivity contribution in [3.05, 3.63) is 12.7 Å². The highest BCUT2D eigenvalue weighted by molar-refractivity contribution is 6.77. The third-order valence-corrected chi connectivity index (χ3v) is 17.9. The van der Waals surface area contributed by atoms with Gasteiger partial charge in [0.05, 0.1) is 11.5 Å². The van der Waals surface area contributed by atoms with Crippen LogP contribution >= 0.6 is 11.6 Å². The molecule has 30 heavy (non-hydrogen) atoms. The monoisotopic (exact) mass is 478 g/mol. The maximum atomic E-state index is 12.4. The summed E-state index contributed by atoms with van der Waals surface area (Å²) < 4.78 is 13.0. The molecule has 7 heteroatoms. The van der Waals surface area contributed by atoms with Crippen molar-refractivity contribution in [1.29, 1.82) is 0 Å². The largest absolute Gasteiger partial charge is 0.408 e. The van der Waals surface area contributed by atoms with Gasteiger partial charge in [0.25, 0.3) is 0 Å². The van der Waals surface area contributed by atoms with Gasteiger partial charge in [-0.2, -0.15) is 0 Å². The van der Waals surface area contributed by atoms with Crippen molar-refractivity contribution in [3.8, 4) is 0 Å². The van der Waals surface area contributed by atoms with Crippen molar-refractivity contribution in [2.24, 2.45) is 0 Å². The van der Waals surface area contributed by atoms with Crippen LogP contribution in [0.2, 0.25) is 34.8 Å². The molecule has 0 bridgehead atoms. The van der Waals surface area contributed by atoms with E-state index in [9.17, 15) is 9.90 Å². The summed E-state index contributed by atoms with van der Waals surface area (Å²) in [6.45, 7) is 29.0. The number of aliphatic hydroxyl groups is 1. The van der Waals surface area contributed by atoms with Crippen LogP contribution in [0.15, 0.2) is 12.7 Å². The summed E-state index contributed by atoms with van der Waals surface area (Å²) in [6.07, 6.45) is -1.06. The molecule has 0 aliphatic carbocycles. The molecule has 1 N–H and O–H groups in total. The molecule has 4 nitrogen and oxygen atoms in total. The third kappa shape index (κ3) is 6.75. The zero-order valence-corrected chi connectivity index (χ0v) is 24.1. The fourth-order valence-corrected chi connectivity index (χ4v) is 11.3. The van der Waals surface area contributed by atoms with E-state index in [4.69, 9.17) is 20.5 Å². The molecule has 0 saturated carbocycles. The molecule has 0 saturated heterocycles. The minimum absolute atomic E-state index is 0.0917. The van der Waals surface area contributed by atoms with Crippen LogP contribution in [0.4, 0.5) is 0 Å². The molecule has 0 amide bonds. The second kappa shape index (κ2) is 11.2. The number of hydrogen-bond acceptors (Lipinski definition) is 4. The van der Waals surface area contributed by atoms with E-state index < -0.39 is 40.3 Å². The molecule has 0 aromatic carbocycles. The number of alkyl halides is 1. The third-order valence-electron chi connectivity index (χ3n) is 6.86. The van der Waals surface area contributed by atoms with E-state index in [1.54, 1.807) is 6.08 Å². The van der Waals surface area contributed by atoms with Crippen LogP contribution in [-0.2, 0) is 13.6 Å². The molecule has 0 fully saturated rings. The average Bonchev–Trinajstić information content (AvgIpc) is 2.57. The predicted molar refractivity (Wildman–Crippen MR) is 135 cm³/mol. The lowest BCUT2D eigenvalue weighted by molar-refractivity contribution is -0.130. The number of rotatable bonds is 12. The number of hydrogen-bond donors (Lipinski definition) is 1. The molecule has 0 spiro atoms. The van der Waals surface area contributed by atoms with E-state index in [0.29, 0.717) is 16.6 Å². The van der Waals surface area contributed by atoms with Crippen LogP contribution in [0.1, 0.15) is 69.2 Å². The lowest BCUT2D eigenvalue weighted by Crippen LogP contribution is -2.56. The van der Waals surface area contributed by atoms with E-state index in [1.807, 2.05) is 0 Å². The highest BCUT2D eigenvalue weighted by Crippen LogP contribution is 2.44. The Kier molecular flexibility index (Phi) is 11.2. The van der Waals surface area contributed by atoms with Gasteiger partial charge in [0.2, 0.25) is 8.32 Å². The molecular formula is C23H47ClO4Si2. The summed E-state index contributed by atoms with van der Waals surface area (Å²) in [6, 6.07) is 0. The van der Waals surface area contributed by atoms with Crippen LogP contribution in [0.5, 0.6) is 0 Å². The second-order valence-corrected chi connectivity index (χ2v) is 21.6. The van der Waals surface area contributed by atoms with Gasteiger partial charge in [-0.3, -0.25) is 4.79 Å². The van der Waals surface area contributed by atoms with Crippen LogP contribution < -0.4 is 0 Å². The molecule has 4 atom stereocenters. The lowest BCUT2D eigenvalue weighted by atomic mass is 10.0. The van der Waals surface area contributed by atoms with Gasteiger partial charge in [-0.15, -0.1) is 18.2 Å². The Bertz CT molecular complexity index is 548. The molecule has 0 aliphatic rings. The van der Waals surface area contributed by atoms with Gasteiger partial charge in [-0.05, 0) is 41.7 Å². The predicted octanol–water partition coefficient (Wildman–Crippen LogP) is 6.68. The number of halogens is 1. The Labute approximate surface area is 193 Å². The summed E-state index contributed by atoms with van der Waals surface area (Å²) >= 11 is 6.76. The smallest absolute Gasteiger partial charge is 0.201 e. The quantitative estimate of drug-likeness (QED) is 0.193. The van der Waals surface area contributed by atoms with Crippen molar-refractivity contribution in [2.75, 3.05) is 0 Å². The molecular weight excluding hydrogens is 432 g/mol. The molecule has 0 aromatic rings. The molecule has 178 valence electrons. The molecule has 0 rings (SSSR count). The van der Waals surface area contributed by atoms with Crippen LogP contribution in [0.25, 0.3) is 0 Å². The van der Waals surface area contributed by atoms with E-state index in [1.165, 1.54) is 6.92 Å². The minimum Gasteiger partial charge on any atom is -0.408 e. The number of carbonyl (C=O) groups is 1. The standard InChI is InChI=1S/C23H47ClO4Si2/c1-14-19(27-30(15(2)3,16(4)5)17(6)7)20(24)21(26)22(18(8)25)28-29(12,13)23(9,10)11/h14-17,19-22,26H,1H2,2-13H3/t19-,20+,21-,22+/m0/s1. The highest BCUT2D eigenvalue weighted by atomic mass is 35.5. The first-order valence-corrected chi connectivity index (χ1v) is 16.7. The maximum absolute atomic E-state index is 12.4. The topological polar surface area (TPSA) is 55.8 Å². The zero-order chi connectivity index (χ0) is 24.2. The first-order chi connectivity index (χ1) is 13.4.